The zero-order valence-electron chi connectivity index (χ0n) is 21.3. The van der Waals surface area contributed by atoms with Crippen LogP contribution >= 0.6 is 0 Å². The Morgan fingerprint density at radius 1 is 1.05 bits per heavy atom. The van der Waals surface area contributed by atoms with Crippen molar-refractivity contribution in [3.05, 3.63) is 75.3 Å². The second-order valence-corrected chi connectivity index (χ2v) is 9.48. The Labute approximate surface area is 215 Å². The summed E-state index contributed by atoms with van der Waals surface area (Å²) in [6.45, 7) is 2.97. The molecule has 2 aliphatic rings. The van der Waals surface area contributed by atoms with Gasteiger partial charge in [0.15, 0.2) is 5.56 Å². The summed E-state index contributed by atoms with van der Waals surface area (Å²) in [5.74, 6) is 0.0137. The second kappa shape index (κ2) is 10.3. The number of aromatic hydroxyl groups is 1. The number of amides is 1. The largest absolute Gasteiger partial charge is 0.494 e. The number of benzene rings is 2. The van der Waals surface area contributed by atoms with Gasteiger partial charge in [-0.25, -0.2) is 0 Å². The monoisotopic (exact) mass is 505 g/mol. The van der Waals surface area contributed by atoms with Crippen LogP contribution in [0.1, 0.15) is 52.5 Å². The highest BCUT2D eigenvalue weighted by atomic mass is 16.5. The molecule has 0 radical (unpaired) electrons. The van der Waals surface area contributed by atoms with E-state index in [4.69, 9.17) is 14.2 Å². The third-order valence-corrected chi connectivity index (χ3v) is 7.05. The van der Waals surface area contributed by atoms with Gasteiger partial charge in [0.2, 0.25) is 5.88 Å². The van der Waals surface area contributed by atoms with E-state index in [9.17, 15) is 14.7 Å². The molecular weight excluding hydrogens is 474 g/mol. The predicted molar refractivity (Wildman–Crippen MR) is 137 cm³/mol. The third-order valence-electron chi connectivity index (χ3n) is 7.05. The van der Waals surface area contributed by atoms with Gasteiger partial charge in [0.1, 0.15) is 29.6 Å². The van der Waals surface area contributed by atoms with E-state index in [2.05, 4.69) is 24.0 Å². The number of methoxy groups -OCH3 is 2. The molecule has 5 rings (SSSR count). The Morgan fingerprint density at radius 3 is 2.41 bits per heavy atom. The van der Waals surface area contributed by atoms with Gasteiger partial charge in [-0.05, 0) is 49.4 Å². The quantitative estimate of drug-likeness (QED) is 0.499. The summed E-state index contributed by atoms with van der Waals surface area (Å²) < 4.78 is 18.2. The van der Waals surface area contributed by atoms with Gasteiger partial charge >= 0.3 is 0 Å². The molecule has 1 amide bonds. The van der Waals surface area contributed by atoms with Crippen molar-refractivity contribution in [2.24, 2.45) is 0 Å². The first-order valence-corrected chi connectivity index (χ1v) is 12.5. The predicted octanol–water partition coefficient (Wildman–Crippen LogP) is 3.57. The molecule has 1 aliphatic heterocycles. The van der Waals surface area contributed by atoms with Gasteiger partial charge in [-0.15, -0.1) is 0 Å². The maximum atomic E-state index is 13.6. The third kappa shape index (κ3) is 4.79. The van der Waals surface area contributed by atoms with Gasteiger partial charge in [-0.3, -0.25) is 14.2 Å². The molecule has 0 bridgehead atoms. The Balaban J connectivity index is 1.57. The minimum absolute atomic E-state index is 0.0117. The van der Waals surface area contributed by atoms with Gasteiger partial charge in [0.25, 0.3) is 11.5 Å². The summed E-state index contributed by atoms with van der Waals surface area (Å²) in [6, 6.07) is 13.3. The molecule has 37 heavy (non-hydrogen) atoms. The second-order valence-electron chi connectivity index (χ2n) is 9.48. The topological polar surface area (TPSA) is 103 Å². The number of para-hydroxylation sites is 1. The van der Waals surface area contributed by atoms with Gasteiger partial charge in [-0.1, -0.05) is 30.3 Å². The molecule has 2 heterocycles. The average molecular weight is 506 g/mol. The average Bonchev–Trinajstić information content (AvgIpc) is 3.60. The number of rotatable bonds is 8. The number of likely N-dealkylation sites (tertiary alicyclic amines) is 1. The number of hydrogen-bond acceptors (Lipinski definition) is 7. The molecule has 0 spiro atoms. The van der Waals surface area contributed by atoms with E-state index in [0.717, 1.165) is 24.8 Å². The molecule has 9 nitrogen and oxygen atoms in total. The van der Waals surface area contributed by atoms with E-state index in [1.54, 1.807) is 23.1 Å². The lowest BCUT2D eigenvalue weighted by Crippen LogP contribution is -2.35. The van der Waals surface area contributed by atoms with E-state index >= 15 is 0 Å². The first-order chi connectivity index (χ1) is 17.9. The molecule has 1 saturated heterocycles. The lowest BCUT2D eigenvalue weighted by molar-refractivity contribution is 0.0780. The Kier molecular flexibility index (Phi) is 6.88. The molecule has 2 fully saturated rings. The standard InChI is InChI=1S/C28H31N3O6/c1-17-7-4-5-8-20(17)18-13-14-30(15-18)27(33)24-26(32)29-23(16-37-19-11-12-19)31(28(24)34)25-21(35-2)9-6-10-22(25)36-3/h4-10,18-19,34H,11-16H2,1-3H3. The van der Waals surface area contributed by atoms with E-state index in [0.29, 0.717) is 30.3 Å². The summed E-state index contributed by atoms with van der Waals surface area (Å²) in [5.41, 5.74) is 1.51. The van der Waals surface area contributed by atoms with E-state index < -0.39 is 17.3 Å². The molecule has 1 aromatic heterocycles. The first kappa shape index (κ1) is 24.8. The minimum Gasteiger partial charge on any atom is -0.494 e. The van der Waals surface area contributed by atoms with Crippen molar-refractivity contribution in [3.8, 4) is 23.1 Å². The van der Waals surface area contributed by atoms with Crippen molar-refractivity contribution in [1.29, 1.82) is 0 Å². The molecule has 9 heteroatoms. The molecule has 1 saturated carbocycles. The van der Waals surface area contributed by atoms with Crippen LogP contribution < -0.4 is 15.0 Å². The van der Waals surface area contributed by atoms with Crippen LogP contribution in [0.15, 0.2) is 47.3 Å². The fourth-order valence-electron chi connectivity index (χ4n) is 4.95. The van der Waals surface area contributed by atoms with Crippen molar-refractivity contribution < 1.29 is 24.1 Å². The van der Waals surface area contributed by atoms with E-state index in [-0.39, 0.29) is 30.0 Å². The summed E-state index contributed by atoms with van der Waals surface area (Å²) in [4.78, 5) is 32.6. The number of aryl methyl sites for hydroxylation is 1. The van der Waals surface area contributed by atoms with Crippen molar-refractivity contribution in [2.75, 3.05) is 27.3 Å². The number of carbonyl (C=O) groups excluding carboxylic acids is 1. The summed E-state index contributed by atoms with van der Waals surface area (Å²) in [6.07, 6.45) is 2.73. The number of nitrogens with zero attached hydrogens (tertiary/aromatic N) is 3. The Bertz CT molecular complexity index is 1360. The van der Waals surface area contributed by atoms with Crippen molar-refractivity contribution >= 4 is 5.91 Å². The highest BCUT2D eigenvalue weighted by molar-refractivity contribution is 5.96. The maximum absolute atomic E-state index is 13.6. The summed E-state index contributed by atoms with van der Waals surface area (Å²) >= 11 is 0. The zero-order valence-corrected chi connectivity index (χ0v) is 21.3. The van der Waals surface area contributed by atoms with E-state index in [1.807, 2.05) is 12.1 Å². The highest BCUT2D eigenvalue weighted by Gasteiger charge is 2.34. The summed E-state index contributed by atoms with van der Waals surface area (Å²) in [5, 5.41) is 11.5. The molecular formula is C28H31N3O6. The summed E-state index contributed by atoms with van der Waals surface area (Å²) in [7, 11) is 2.99. The number of hydrogen-bond donors (Lipinski definition) is 1. The maximum Gasteiger partial charge on any atom is 0.289 e. The molecule has 3 aromatic rings. The lowest BCUT2D eigenvalue weighted by Gasteiger charge is -2.22. The number of aromatic nitrogens is 2. The van der Waals surface area contributed by atoms with Crippen LogP contribution in [0.3, 0.4) is 0 Å². The van der Waals surface area contributed by atoms with Crippen LogP contribution in [-0.4, -0.2) is 58.9 Å². The van der Waals surface area contributed by atoms with E-state index in [1.165, 1.54) is 24.4 Å². The van der Waals surface area contributed by atoms with Gasteiger partial charge in [0, 0.05) is 19.0 Å². The fraction of sp³-hybridized carbons (Fsp3) is 0.393. The fourth-order valence-corrected chi connectivity index (χ4v) is 4.95. The zero-order chi connectivity index (χ0) is 26.1. The van der Waals surface area contributed by atoms with Crippen LogP contribution in [0.2, 0.25) is 0 Å². The highest BCUT2D eigenvalue weighted by Crippen LogP contribution is 2.38. The molecule has 1 aliphatic carbocycles. The smallest absolute Gasteiger partial charge is 0.289 e. The first-order valence-electron chi connectivity index (χ1n) is 12.5. The van der Waals surface area contributed by atoms with Crippen LogP contribution in [-0.2, 0) is 11.3 Å². The molecule has 2 aromatic carbocycles. The SMILES string of the molecule is COc1cccc(OC)c1-n1c(COC2CC2)nc(=O)c(C(=O)N2CCC(c3ccccc3C)C2)c1O. The number of ether oxygens (including phenoxy) is 3. The van der Waals surface area contributed by atoms with Crippen LogP contribution in [0.25, 0.3) is 5.69 Å². The molecule has 194 valence electrons. The van der Waals surface area contributed by atoms with Crippen molar-refractivity contribution in [1.82, 2.24) is 14.5 Å². The van der Waals surface area contributed by atoms with Crippen LogP contribution in [0, 0.1) is 6.92 Å². The molecule has 1 N–H and O–H groups in total. The Morgan fingerprint density at radius 2 is 1.76 bits per heavy atom. The van der Waals surface area contributed by atoms with Gasteiger partial charge in [0.05, 0.1) is 20.3 Å². The lowest BCUT2D eigenvalue weighted by atomic mass is 9.94. The minimum atomic E-state index is -0.790. The van der Waals surface area contributed by atoms with Crippen LogP contribution in [0.5, 0.6) is 17.4 Å². The van der Waals surface area contributed by atoms with Crippen molar-refractivity contribution in [2.45, 2.75) is 44.8 Å². The molecule has 1 unspecified atom stereocenters. The molecule has 1 atom stereocenters. The van der Waals surface area contributed by atoms with Crippen molar-refractivity contribution in [3.63, 3.8) is 0 Å². The van der Waals surface area contributed by atoms with Gasteiger partial charge in [-0.2, -0.15) is 4.98 Å². The number of carbonyl (C=O) groups is 1. The Hall–Kier alpha value is -3.85. The van der Waals surface area contributed by atoms with Crippen LogP contribution in [0.4, 0.5) is 0 Å². The van der Waals surface area contributed by atoms with Gasteiger partial charge < -0.3 is 24.2 Å². The normalized spacial score (nSPS) is 17.2.